The van der Waals surface area contributed by atoms with E-state index in [4.69, 9.17) is 15.1 Å². The highest BCUT2D eigenvalue weighted by Crippen LogP contribution is 2.13. The largest absolute Gasteiger partial charge is 0.479 e. The van der Waals surface area contributed by atoms with E-state index in [0.717, 1.165) is 0 Å². The molecular formula is C11H10FNO3. The van der Waals surface area contributed by atoms with Crippen molar-refractivity contribution >= 4 is 5.97 Å². The first-order valence-corrected chi connectivity index (χ1v) is 4.58. The van der Waals surface area contributed by atoms with Crippen molar-refractivity contribution in [1.82, 2.24) is 0 Å². The maximum absolute atomic E-state index is 13.5. The maximum Gasteiger partial charge on any atom is 0.332 e. The minimum Gasteiger partial charge on any atom is -0.479 e. The molecule has 0 saturated heterocycles. The summed E-state index contributed by atoms with van der Waals surface area (Å²) in [6, 6.07) is 6.01. The number of carboxylic acid groups (broad SMARTS) is 1. The van der Waals surface area contributed by atoms with Crippen LogP contribution < -0.4 is 0 Å². The topological polar surface area (TPSA) is 70.3 Å². The van der Waals surface area contributed by atoms with E-state index in [2.05, 4.69) is 0 Å². The van der Waals surface area contributed by atoms with E-state index in [1.165, 1.54) is 25.1 Å². The Kier molecular flexibility index (Phi) is 3.97. The number of benzene rings is 1. The molecule has 5 heteroatoms. The van der Waals surface area contributed by atoms with Crippen molar-refractivity contribution in [1.29, 1.82) is 5.26 Å². The Balaban J connectivity index is 2.76. The molecule has 0 unspecified atom stereocenters. The molecule has 0 saturated carbocycles. The zero-order valence-corrected chi connectivity index (χ0v) is 8.61. The lowest BCUT2D eigenvalue weighted by Gasteiger charge is -2.09. The van der Waals surface area contributed by atoms with Crippen molar-refractivity contribution in [3.8, 4) is 6.07 Å². The van der Waals surface area contributed by atoms with Gasteiger partial charge in [0, 0.05) is 5.56 Å². The second kappa shape index (κ2) is 5.24. The first-order chi connectivity index (χ1) is 7.56. The summed E-state index contributed by atoms with van der Waals surface area (Å²) in [7, 11) is 0. The van der Waals surface area contributed by atoms with Crippen LogP contribution in [0.15, 0.2) is 18.2 Å². The third-order valence-electron chi connectivity index (χ3n) is 2.04. The number of hydrogen-bond acceptors (Lipinski definition) is 3. The van der Waals surface area contributed by atoms with Gasteiger partial charge in [0.25, 0.3) is 0 Å². The van der Waals surface area contributed by atoms with Gasteiger partial charge in [-0.1, -0.05) is 12.1 Å². The Morgan fingerprint density at radius 3 is 2.94 bits per heavy atom. The first kappa shape index (κ1) is 12.1. The van der Waals surface area contributed by atoms with Crippen molar-refractivity contribution in [3.63, 3.8) is 0 Å². The number of carboxylic acids is 1. The molecule has 0 spiro atoms. The number of rotatable bonds is 4. The molecule has 1 N–H and O–H groups in total. The van der Waals surface area contributed by atoms with E-state index < -0.39 is 17.9 Å². The van der Waals surface area contributed by atoms with E-state index >= 15 is 0 Å². The molecule has 1 rings (SSSR count). The summed E-state index contributed by atoms with van der Waals surface area (Å²) < 4.78 is 18.4. The van der Waals surface area contributed by atoms with E-state index in [0.29, 0.717) is 0 Å². The van der Waals surface area contributed by atoms with E-state index in [9.17, 15) is 9.18 Å². The Hall–Kier alpha value is -1.93. The molecular weight excluding hydrogens is 213 g/mol. The van der Waals surface area contributed by atoms with Crippen molar-refractivity contribution in [2.45, 2.75) is 19.6 Å². The monoisotopic (exact) mass is 223 g/mol. The number of nitrogens with zero attached hydrogens (tertiary/aromatic N) is 1. The predicted molar refractivity (Wildman–Crippen MR) is 53.0 cm³/mol. The van der Waals surface area contributed by atoms with Crippen LogP contribution in [0.4, 0.5) is 4.39 Å². The van der Waals surface area contributed by atoms with Gasteiger partial charge in [0.15, 0.2) is 6.10 Å². The van der Waals surface area contributed by atoms with Crippen LogP contribution in [-0.4, -0.2) is 17.2 Å². The van der Waals surface area contributed by atoms with Gasteiger partial charge in [-0.05, 0) is 13.0 Å². The fraction of sp³-hybridized carbons (Fsp3) is 0.273. The van der Waals surface area contributed by atoms with Gasteiger partial charge in [-0.3, -0.25) is 0 Å². The smallest absolute Gasteiger partial charge is 0.332 e. The van der Waals surface area contributed by atoms with Crippen molar-refractivity contribution in [3.05, 3.63) is 35.1 Å². The third-order valence-corrected chi connectivity index (χ3v) is 2.04. The van der Waals surface area contributed by atoms with Crippen molar-refractivity contribution in [2.24, 2.45) is 0 Å². The number of carbonyl (C=O) groups is 1. The molecule has 1 aromatic rings. The molecule has 1 aromatic carbocycles. The summed E-state index contributed by atoms with van der Waals surface area (Å²) in [4.78, 5) is 10.5. The lowest BCUT2D eigenvalue weighted by molar-refractivity contribution is -0.149. The molecule has 0 fully saturated rings. The predicted octanol–water partition coefficient (Wildman–Crippen LogP) is 1.69. The van der Waals surface area contributed by atoms with Gasteiger partial charge in [-0.15, -0.1) is 0 Å². The SMILES string of the molecule is C[C@H](OCc1cccc(C#N)c1F)C(=O)O. The van der Waals surface area contributed by atoms with Crippen molar-refractivity contribution < 1.29 is 19.0 Å². The average molecular weight is 223 g/mol. The van der Waals surface area contributed by atoms with Crippen molar-refractivity contribution in [2.75, 3.05) is 0 Å². The fourth-order valence-electron chi connectivity index (χ4n) is 1.06. The molecule has 0 bridgehead atoms. The molecule has 4 nitrogen and oxygen atoms in total. The van der Waals surface area contributed by atoms with Crippen LogP contribution in [0.2, 0.25) is 0 Å². The summed E-state index contributed by atoms with van der Waals surface area (Å²) in [6.45, 7) is 1.18. The lowest BCUT2D eigenvalue weighted by atomic mass is 10.1. The molecule has 0 radical (unpaired) electrons. The van der Waals surface area contributed by atoms with Gasteiger partial charge in [0.2, 0.25) is 0 Å². The van der Waals surface area contributed by atoms with Crippen LogP contribution in [-0.2, 0) is 16.1 Å². The van der Waals surface area contributed by atoms with Gasteiger partial charge in [-0.2, -0.15) is 5.26 Å². The molecule has 0 aliphatic heterocycles. The summed E-state index contributed by atoms with van der Waals surface area (Å²) in [5.74, 6) is -1.78. The molecule has 0 amide bonds. The van der Waals surface area contributed by atoms with E-state index in [1.807, 2.05) is 0 Å². The first-order valence-electron chi connectivity index (χ1n) is 4.58. The summed E-state index contributed by atoms with van der Waals surface area (Å²) in [5, 5.41) is 17.1. The molecule has 0 aliphatic carbocycles. The maximum atomic E-state index is 13.5. The Bertz CT molecular complexity index is 439. The van der Waals surface area contributed by atoms with Gasteiger partial charge in [-0.25, -0.2) is 9.18 Å². The second-order valence-electron chi connectivity index (χ2n) is 3.18. The van der Waals surface area contributed by atoms with Gasteiger partial charge in [0.05, 0.1) is 12.2 Å². The third kappa shape index (κ3) is 2.78. The number of aliphatic carboxylic acids is 1. The minimum atomic E-state index is -1.11. The van der Waals surface area contributed by atoms with Crippen LogP contribution in [0.3, 0.4) is 0 Å². The molecule has 16 heavy (non-hydrogen) atoms. The lowest BCUT2D eigenvalue weighted by Crippen LogP contribution is -2.19. The summed E-state index contributed by atoms with van der Waals surface area (Å²) in [6.07, 6.45) is -1.01. The highest BCUT2D eigenvalue weighted by Gasteiger charge is 2.13. The summed E-state index contributed by atoms with van der Waals surface area (Å²) in [5.41, 5.74) is 0.0937. The zero-order chi connectivity index (χ0) is 12.1. The average Bonchev–Trinajstić information content (AvgIpc) is 2.27. The highest BCUT2D eigenvalue weighted by atomic mass is 19.1. The molecule has 84 valence electrons. The summed E-state index contributed by atoms with van der Waals surface area (Å²) >= 11 is 0. The Morgan fingerprint density at radius 2 is 2.38 bits per heavy atom. The fourth-order valence-corrected chi connectivity index (χ4v) is 1.06. The van der Waals surface area contributed by atoms with Crippen LogP contribution in [0, 0.1) is 17.1 Å². The molecule has 1 atom stereocenters. The van der Waals surface area contributed by atoms with Gasteiger partial charge >= 0.3 is 5.97 Å². The van der Waals surface area contributed by atoms with Gasteiger partial charge in [0.1, 0.15) is 11.9 Å². The Morgan fingerprint density at radius 1 is 1.69 bits per heavy atom. The van der Waals surface area contributed by atoms with Crippen LogP contribution in [0.5, 0.6) is 0 Å². The Labute approximate surface area is 91.9 Å². The van der Waals surface area contributed by atoms with E-state index in [1.54, 1.807) is 6.07 Å². The van der Waals surface area contributed by atoms with Crippen LogP contribution in [0.25, 0.3) is 0 Å². The zero-order valence-electron chi connectivity index (χ0n) is 8.61. The van der Waals surface area contributed by atoms with Crippen LogP contribution >= 0.6 is 0 Å². The number of ether oxygens (including phenoxy) is 1. The normalized spacial score (nSPS) is 11.8. The number of nitriles is 1. The highest BCUT2D eigenvalue weighted by molar-refractivity contribution is 5.71. The quantitative estimate of drug-likeness (QED) is 0.843. The molecule has 0 aromatic heterocycles. The number of hydrogen-bond donors (Lipinski definition) is 1. The van der Waals surface area contributed by atoms with Crippen LogP contribution in [0.1, 0.15) is 18.1 Å². The minimum absolute atomic E-state index is 0.0796. The number of halogens is 1. The van der Waals surface area contributed by atoms with Gasteiger partial charge < -0.3 is 9.84 Å². The second-order valence-corrected chi connectivity index (χ2v) is 3.18. The standard InChI is InChI=1S/C11H10FNO3/c1-7(11(14)15)16-6-9-4-2-3-8(5-13)10(9)12/h2-4,7H,6H2,1H3,(H,14,15)/t7-/m0/s1. The van der Waals surface area contributed by atoms with E-state index in [-0.39, 0.29) is 17.7 Å². The molecule has 0 aliphatic rings. The molecule has 0 heterocycles.